The third-order valence-corrected chi connectivity index (χ3v) is 3.72. The molecule has 0 saturated heterocycles. The molecule has 0 bridgehead atoms. The predicted molar refractivity (Wildman–Crippen MR) is 85.6 cm³/mol. The molecule has 2 aromatic rings. The van der Waals surface area contributed by atoms with E-state index in [0.717, 1.165) is 24.0 Å². The summed E-state index contributed by atoms with van der Waals surface area (Å²) < 4.78 is 3.39. The molecule has 1 N–H and O–H groups in total. The molecule has 0 aliphatic heterocycles. The zero-order valence-electron chi connectivity index (χ0n) is 11.6. The van der Waals surface area contributed by atoms with Crippen LogP contribution in [-0.4, -0.2) is 4.57 Å². The van der Waals surface area contributed by atoms with E-state index in [1.165, 1.54) is 23.2 Å². The molecular weight excluding hydrogens is 300 g/mol. The van der Waals surface area contributed by atoms with E-state index in [9.17, 15) is 0 Å². The van der Waals surface area contributed by atoms with Crippen LogP contribution < -0.4 is 5.32 Å². The molecular formula is C16H21BrN2. The molecule has 2 rings (SSSR count). The number of nitrogens with one attached hydrogen (secondary N) is 1. The van der Waals surface area contributed by atoms with Gasteiger partial charge in [-0.1, -0.05) is 29.8 Å². The van der Waals surface area contributed by atoms with Gasteiger partial charge in [0.05, 0.1) is 0 Å². The van der Waals surface area contributed by atoms with Crippen molar-refractivity contribution in [2.24, 2.45) is 0 Å². The minimum Gasteiger partial charge on any atom is -0.381 e. The van der Waals surface area contributed by atoms with Gasteiger partial charge in [-0.25, -0.2) is 0 Å². The molecule has 0 unspecified atom stereocenters. The Labute approximate surface area is 124 Å². The Morgan fingerprint density at radius 3 is 2.79 bits per heavy atom. The second-order valence-electron chi connectivity index (χ2n) is 4.77. The fourth-order valence-corrected chi connectivity index (χ4v) is 2.63. The number of halogens is 1. The SMILES string of the molecule is CCCn1ccc(CNc2ccc(Br)cc2CC)c1. The molecule has 2 nitrogen and oxygen atoms in total. The van der Waals surface area contributed by atoms with Gasteiger partial charge in [-0.3, -0.25) is 0 Å². The number of hydrogen-bond donors (Lipinski definition) is 1. The van der Waals surface area contributed by atoms with E-state index in [1.807, 2.05) is 0 Å². The quantitative estimate of drug-likeness (QED) is 0.806. The molecule has 0 fully saturated rings. The average molecular weight is 321 g/mol. The van der Waals surface area contributed by atoms with Gasteiger partial charge >= 0.3 is 0 Å². The summed E-state index contributed by atoms with van der Waals surface area (Å²) >= 11 is 3.52. The van der Waals surface area contributed by atoms with Crippen molar-refractivity contribution in [1.29, 1.82) is 0 Å². The molecule has 0 atom stereocenters. The van der Waals surface area contributed by atoms with Gasteiger partial charge in [-0.2, -0.15) is 0 Å². The first-order valence-electron chi connectivity index (χ1n) is 6.90. The highest BCUT2D eigenvalue weighted by molar-refractivity contribution is 9.10. The maximum Gasteiger partial charge on any atom is 0.0415 e. The Balaban J connectivity index is 2.01. The van der Waals surface area contributed by atoms with Gasteiger partial charge in [0.25, 0.3) is 0 Å². The maximum atomic E-state index is 3.53. The fourth-order valence-electron chi connectivity index (χ4n) is 2.22. The summed E-state index contributed by atoms with van der Waals surface area (Å²) in [5, 5.41) is 3.53. The standard InChI is InChI=1S/C16H21BrN2/c1-3-8-19-9-7-13(12-19)11-18-16-6-5-15(17)10-14(16)4-2/h5-7,9-10,12,18H,3-4,8,11H2,1-2H3. The van der Waals surface area contributed by atoms with E-state index in [1.54, 1.807) is 0 Å². The van der Waals surface area contributed by atoms with Crippen molar-refractivity contribution in [3.8, 4) is 0 Å². The minimum absolute atomic E-state index is 0.880. The zero-order valence-corrected chi connectivity index (χ0v) is 13.2. The first-order chi connectivity index (χ1) is 9.22. The topological polar surface area (TPSA) is 17.0 Å². The highest BCUT2D eigenvalue weighted by Gasteiger charge is 2.02. The Hall–Kier alpha value is -1.22. The summed E-state index contributed by atoms with van der Waals surface area (Å²) in [7, 11) is 0. The lowest BCUT2D eigenvalue weighted by Crippen LogP contribution is -2.01. The van der Waals surface area contributed by atoms with Crippen molar-refractivity contribution < 1.29 is 0 Å². The van der Waals surface area contributed by atoms with Crippen LogP contribution in [0.3, 0.4) is 0 Å². The highest BCUT2D eigenvalue weighted by atomic mass is 79.9. The number of rotatable bonds is 6. The van der Waals surface area contributed by atoms with Crippen LogP contribution >= 0.6 is 15.9 Å². The lowest BCUT2D eigenvalue weighted by molar-refractivity contribution is 0.681. The predicted octanol–water partition coefficient (Wildman–Crippen LogP) is 4.84. The smallest absolute Gasteiger partial charge is 0.0415 e. The van der Waals surface area contributed by atoms with Gasteiger partial charge in [0.2, 0.25) is 0 Å². The van der Waals surface area contributed by atoms with E-state index >= 15 is 0 Å². The Morgan fingerprint density at radius 2 is 2.05 bits per heavy atom. The number of benzene rings is 1. The Kier molecular flexibility index (Phi) is 5.08. The molecule has 3 heteroatoms. The van der Waals surface area contributed by atoms with Gasteiger partial charge in [0.1, 0.15) is 0 Å². The third-order valence-electron chi connectivity index (χ3n) is 3.22. The van der Waals surface area contributed by atoms with E-state index in [-0.39, 0.29) is 0 Å². The summed E-state index contributed by atoms with van der Waals surface area (Å²) in [5.74, 6) is 0. The van der Waals surface area contributed by atoms with Crippen LogP contribution in [0.1, 0.15) is 31.4 Å². The number of hydrogen-bond acceptors (Lipinski definition) is 1. The molecule has 1 heterocycles. The molecule has 0 saturated carbocycles. The number of anilines is 1. The molecule has 0 aliphatic carbocycles. The van der Waals surface area contributed by atoms with Crippen molar-refractivity contribution in [3.63, 3.8) is 0 Å². The number of nitrogens with zero attached hydrogens (tertiary/aromatic N) is 1. The van der Waals surface area contributed by atoms with Crippen molar-refractivity contribution >= 4 is 21.6 Å². The lowest BCUT2D eigenvalue weighted by Gasteiger charge is -2.10. The van der Waals surface area contributed by atoms with Gasteiger partial charge in [0, 0.05) is 35.6 Å². The lowest BCUT2D eigenvalue weighted by atomic mass is 10.1. The van der Waals surface area contributed by atoms with Crippen LogP contribution in [0.25, 0.3) is 0 Å². The van der Waals surface area contributed by atoms with E-state index in [0.29, 0.717) is 0 Å². The fraction of sp³-hybridized carbons (Fsp3) is 0.375. The normalized spacial score (nSPS) is 10.7. The van der Waals surface area contributed by atoms with Crippen LogP contribution in [0.15, 0.2) is 41.1 Å². The van der Waals surface area contributed by atoms with Crippen LogP contribution in [0.5, 0.6) is 0 Å². The Bertz CT molecular complexity index is 531. The molecule has 0 aliphatic rings. The molecule has 102 valence electrons. The van der Waals surface area contributed by atoms with Crippen LogP contribution in [0.2, 0.25) is 0 Å². The summed E-state index contributed by atoms with van der Waals surface area (Å²) in [5.41, 5.74) is 3.91. The van der Waals surface area contributed by atoms with Crippen molar-refractivity contribution in [2.75, 3.05) is 5.32 Å². The molecule has 0 radical (unpaired) electrons. The molecule has 1 aromatic carbocycles. The molecule has 0 spiro atoms. The monoisotopic (exact) mass is 320 g/mol. The van der Waals surface area contributed by atoms with Crippen molar-refractivity contribution in [1.82, 2.24) is 4.57 Å². The number of aromatic nitrogens is 1. The van der Waals surface area contributed by atoms with Gasteiger partial charge < -0.3 is 9.88 Å². The molecule has 1 aromatic heterocycles. The van der Waals surface area contributed by atoms with Gasteiger partial charge in [0.15, 0.2) is 0 Å². The highest BCUT2D eigenvalue weighted by Crippen LogP contribution is 2.22. The van der Waals surface area contributed by atoms with Crippen LogP contribution in [0, 0.1) is 0 Å². The second-order valence-corrected chi connectivity index (χ2v) is 5.68. The number of aryl methyl sites for hydroxylation is 2. The van der Waals surface area contributed by atoms with Crippen molar-refractivity contribution in [2.45, 2.75) is 39.8 Å². The molecule has 19 heavy (non-hydrogen) atoms. The first kappa shape index (κ1) is 14.2. The Morgan fingerprint density at radius 1 is 1.21 bits per heavy atom. The van der Waals surface area contributed by atoms with E-state index in [4.69, 9.17) is 0 Å². The van der Waals surface area contributed by atoms with Gasteiger partial charge in [-0.05, 0) is 48.2 Å². The zero-order chi connectivity index (χ0) is 13.7. The average Bonchev–Trinajstić information content (AvgIpc) is 2.85. The summed E-state index contributed by atoms with van der Waals surface area (Å²) in [6.07, 6.45) is 6.59. The third kappa shape index (κ3) is 3.87. The first-order valence-corrected chi connectivity index (χ1v) is 7.69. The minimum atomic E-state index is 0.880. The van der Waals surface area contributed by atoms with E-state index in [2.05, 4.69) is 76.3 Å². The van der Waals surface area contributed by atoms with Crippen LogP contribution in [-0.2, 0) is 19.5 Å². The summed E-state index contributed by atoms with van der Waals surface area (Å²) in [6, 6.07) is 8.60. The second kappa shape index (κ2) is 6.80. The molecule has 0 amide bonds. The van der Waals surface area contributed by atoms with Crippen molar-refractivity contribution in [3.05, 3.63) is 52.3 Å². The van der Waals surface area contributed by atoms with E-state index < -0.39 is 0 Å². The largest absolute Gasteiger partial charge is 0.381 e. The van der Waals surface area contributed by atoms with Crippen LogP contribution in [0.4, 0.5) is 5.69 Å². The maximum absolute atomic E-state index is 3.53. The summed E-state index contributed by atoms with van der Waals surface area (Å²) in [4.78, 5) is 0. The summed E-state index contributed by atoms with van der Waals surface area (Å²) in [6.45, 7) is 6.36. The van der Waals surface area contributed by atoms with Gasteiger partial charge in [-0.15, -0.1) is 0 Å².